The molecule has 0 fully saturated rings. The van der Waals surface area contributed by atoms with Crippen molar-refractivity contribution in [2.75, 3.05) is 6.26 Å². The molecule has 0 aliphatic carbocycles. The summed E-state index contributed by atoms with van der Waals surface area (Å²) in [7, 11) is -3.50. The molecule has 0 aromatic rings. The van der Waals surface area contributed by atoms with Gasteiger partial charge in [-0.15, -0.1) is 0 Å². The zero-order valence-corrected chi connectivity index (χ0v) is 25.5. The number of hydrogen-bond donors (Lipinski definition) is 1. The summed E-state index contributed by atoms with van der Waals surface area (Å²) in [6.07, 6.45) is -0.765. The molecular formula is C25H48O12S. The van der Waals surface area contributed by atoms with Crippen LogP contribution in [0.2, 0.25) is 0 Å². The molecule has 38 heavy (non-hydrogen) atoms. The van der Waals surface area contributed by atoms with E-state index in [9.17, 15) is 27.6 Å². The van der Waals surface area contributed by atoms with Gasteiger partial charge in [0.25, 0.3) is 10.1 Å². The first-order valence-electron chi connectivity index (χ1n) is 12.7. The lowest BCUT2D eigenvalue weighted by atomic mass is 10.2. The van der Waals surface area contributed by atoms with E-state index in [0.29, 0.717) is 19.3 Å². The van der Waals surface area contributed by atoms with Gasteiger partial charge >= 0.3 is 23.9 Å². The third-order valence-electron chi connectivity index (χ3n) is 4.75. The fourth-order valence-corrected chi connectivity index (χ4v) is 2.61. The predicted molar refractivity (Wildman–Crippen MR) is 140 cm³/mol. The van der Waals surface area contributed by atoms with E-state index in [4.69, 9.17) is 24.1 Å². The third kappa shape index (κ3) is 24.1. The van der Waals surface area contributed by atoms with E-state index in [-0.39, 0.29) is 30.3 Å². The van der Waals surface area contributed by atoms with Crippen LogP contribution in [-0.4, -0.2) is 80.3 Å². The summed E-state index contributed by atoms with van der Waals surface area (Å²) in [4.78, 5) is 43.3. The number of carbonyl (C=O) groups excluding carboxylic acids is 4. The SMILES string of the molecule is CCC(=O)O[C@@H](C)[C@@H](C)O.CCC(=O)O[C@@H](C)[C@@H](C)OC(=O)CC.CCC(=O)O[C@@H](C)[C@@H](C)OS(C)(=O)=O. The zero-order chi connectivity index (χ0) is 30.6. The highest BCUT2D eigenvalue weighted by atomic mass is 32.2. The van der Waals surface area contributed by atoms with Crippen molar-refractivity contribution in [1.82, 2.24) is 0 Å². The second kappa shape index (κ2) is 21.7. The topological polar surface area (TPSA) is 169 Å². The molecule has 0 spiro atoms. The summed E-state index contributed by atoms with van der Waals surface area (Å²) in [5, 5.41) is 8.89. The molecule has 0 saturated heterocycles. The Morgan fingerprint density at radius 2 is 0.789 bits per heavy atom. The summed E-state index contributed by atoms with van der Waals surface area (Å²) < 4.78 is 45.7. The van der Waals surface area contributed by atoms with E-state index in [1.54, 1.807) is 62.3 Å². The van der Waals surface area contributed by atoms with Crippen molar-refractivity contribution in [3.8, 4) is 0 Å². The summed E-state index contributed by atoms with van der Waals surface area (Å²) in [6.45, 7) is 16.6. The Morgan fingerprint density at radius 1 is 0.553 bits per heavy atom. The van der Waals surface area contributed by atoms with Crippen LogP contribution in [-0.2, 0) is 52.4 Å². The van der Waals surface area contributed by atoms with Crippen molar-refractivity contribution in [1.29, 1.82) is 0 Å². The average Bonchev–Trinajstić information content (AvgIpc) is 2.82. The fourth-order valence-electron chi connectivity index (χ4n) is 1.90. The number of ether oxygens (including phenoxy) is 4. The van der Waals surface area contributed by atoms with Gasteiger partial charge in [0.1, 0.15) is 30.5 Å². The van der Waals surface area contributed by atoms with Gasteiger partial charge in [-0.25, -0.2) is 0 Å². The first kappa shape index (κ1) is 40.2. The molecule has 0 aliphatic rings. The van der Waals surface area contributed by atoms with Crippen LogP contribution in [0.25, 0.3) is 0 Å². The Morgan fingerprint density at radius 3 is 1.00 bits per heavy atom. The van der Waals surface area contributed by atoms with E-state index in [0.717, 1.165) is 6.26 Å². The van der Waals surface area contributed by atoms with Crippen LogP contribution in [0.3, 0.4) is 0 Å². The highest BCUT2D eigenvalue weighted by Gasteiger charge is 2.21. The Hall–Kier alpha value is -2.25. The van der Waals surface area contributed by atoms with E-state index in [2.05, 4.69) is 4.18 Å². The number of rotatable bonds is 13. The highest BCUT2D eigenvalue weighted by molar-refractivity contribution is 7.86. The molecule has 0 unspecified atom stereocenters. The smallest absolute Gasteiger partial charge is 0.305 e. The van der Waals surface area contributed by atoms with E-state index in [1.165, 1.54) is 6.92 Å². The van der Waals surface area contributed by atoms with E-state index in [1.807, 2.05) is 0 Å². The van der Waals surface area contributed by atoms with Crippen LogP contribution >= 0.6 is 0 Å². The van der Waals surface area contributed by atoms with Crippen LogP contribution in [0.15, 0.2) is 0 Å². The first-order valence-corrected chi connectivity index (χ1v) is 14.5. The van der Waals surface area contributed by atoms with Gasteiger partial charge in [0.2, 0.25) is 0 Å². The zero-order valence-electron chi connectivity index (χ0n) is 24.6. The molecule has 0 aromatic carbocycles. The second-order valence-electron chi connectivity index (χ2n) is 8.44. The highest BCUT2D eigenvalue weighted by Crippen LogP contribution is 2.07. The molecule has 1 N–H and O–H groups in total. The van der Waals surface area contributed by atoms with Crippen LogP contribution in [0.5, 0.6) is 0 Å². The summed E-state index contributed by atoms with van der Waals surface area (Å²) in [5.41, 5.74) is 0. The van der Waals surface area contributed by atoms with Gasteiger partial charge in [0.15, 0.2) is 0 Å². The van der Waals surface area contributed by atoms with Gasteiger partial charge in [-0.1, -0.05) is 27.7 Å². The number of aliphatic hydroxyl groups is 1. The van der Waals surface area contributed by atoms with Crippen molar-refractivity contribution in [2.45, 2.75) is 132 Å². The lowest BCUT2D eigenvalue weighted by Crippen LogP contribution is -2.30. The summed E-state index contributed by atoms with van der Waals surface area (Å²) in [6, 6.07) is 0. The molecule has 0 amide bonds. The summed E-state index contributed by atoms with van der Waals surface area (Å²) >= 11 is 0. The molecule has 0 rings (SSSR count). The minimum Gasteiger partial charge on any atom is -0.460 e. The average molecular weight is 573 g/mol. The Balaban J connectivity index is -0.000000492. The molecule has 226 valence electrons. The minimum atomic E-state index is -3.50. The maximum absolute atomic E-state index is 10.9. The molecule has 0 bridgehead atoms. The first-order chi connectivity index (χ1) is 17.3. The van der Waals surface area contributed by atoms with Crippen molar-refractivity contribution >= 4 is 34.0 Å². The predicted octanol–water partition coefficient (Wildman–Crippen LogP) is 3.07. The van der Waals surface area contributed by atoms with Crippen LogP contribution < -0.4 is 0 Å². The summed E-state index contributed by atoms with van der Waals surface area (Å²) in [5.74, 6) is -1.20. The maximum Gasteiger partial charge on any atom is 0.305 e. The van der Waals surface area contributed by atoms with Crippen LogP contribution in [0.4, 0.5) is 0 Å². The van der Waals surface area contributed by atoms with Crippen LogP contribution in [0.1, 0.15) is 94.9 Å². The van der Waals surface area contributed by atoms with Gasteiger partial charge in [-0.2, -0.15) is 8.42 Å². The third-order valence-corrected chi connectivity index (χ3v) is 5.41. The van der Waals surface area contributed by atoms with E-state index < -0.39 is 46.7 Å². The molecule has 0 radical (unpaired) electrons. The monoisotopic (exact) mass is 572 g/mol. The maximum atomic E-state index is 10.9. The van der Waals surface area contributed by atoms with Crippen molar-refractivity contribution in [2.24, 2.45) is 0 Å². The molecule has 0 saturated carbocycles. The lowest BCUT2D eigenvalue weighted by molar-refractivity contribution is -0.164. The quantitative estimate of drug-likeness (QED) is 0.195. The van der Waals surface area contributed by atoms with Crippen molar-refractivity contribution < 1.29 is 55.8 Å². The second-order valence-corrected chi connectivity index (χ2v) is 10.0. The molecule has 0 heterocycles. The Kier molecular flexibility index (Phi) is 22.9. The molecule has 0 aliphatic heterocycles. The number of esters is 4. The number of aliphatic hydroxyl groups excluding tert-OH is 1. The van der Waals surface area contributed by atoms with Crippen molar-refractivity contribution in [3.63, 3.8) is 0 Å². The number of hydrogen-bond acceptors (Lipinski definition) is 12. The minimum absolute atomic E-state index is 0.260. The van der Waals surface area contributed by atoms with Crippen molar-refractivity contribution in [3.05, 3.63) is 0 Å². The Bertz CT molecular complexity index is 772. The molecule has 12 nitrogen and oxygen atoms in total. The lowest BCUT2D eigenvalue weighted by Gasteiger charge is -2.20. The van der Waals surface area contributed by atoms with Gasteiger partial charge in [0.05, 0.1) is 12.4 Å². The van der Waals surface area contributed by atoms with E-state index >= 15 is 0 Å². The van der Waals surface area contributed by atoms with Gasteiger partial charge in [0, 0.05) is 25.7 Å². The Labute approximate surface area is 227 Å². The molecule has 6 atom stereocenters. The largest absolute Gasteiger partial charge is 0.460 e. The normalized spacial score (nSPS) is 15.4. The molecular weight excluding hydrogens is 524 g/mol. The molecule has 13 heteroatoms. The molecule has 0 aromatic heterocycles. The fraction of sp³-hybridized carbons (Fsp3) is 0.840. The van der Waals surface area contributed by atoms with Crippen LogP contribution in [0, 0.1) is 0 Å². The van der Waals surface area contributed by atoms with Gasteiger partial charge in [-0.05, 0) is 41.5 Å². The van der Waals surface area contributed by atoms with Gasteiger partial charge in [-0.3, -0.25) is 23.4 Å². The standard InChI is InChI=1S/C10H18O4.C8H16O5S.C7H14O3/c1-5-9(11)13-7(3)8(4)14-10(12)6-2;1-5-8(9)12-6(2)7(3)13-14(4,10)11;1-4-7(9)10-6(3)5(2)8/h7-8H,5-6H2,1-4H3;6-7H,5H2,1-4H3;5-6,8H,4H2,1-3H3/t7-,8+;6-,7+;5-,6+/m.01/s1. The van der Waals surface area contributed by atoms with Gasteiger partial charge < -0.3 is 24.1 Å². The number of carbonyl (C=O) groups is 4.